The zero-order chi connectivity index (χ0) is 11.1. The Morgan fingerprint density at radius 1 is 1.40 bits per heavy atom. The first kappa shape index (κ1) is 12.0. The number of hydrogen-bond donors (Lipinski definition) is 0. The normalized spacial score (nSPS) is 12.1. The Morgan fingerprint density at radius 2 is 2.07 bits per heavy atom. The van der Waals surface area contributed by atoms with Gasteiger partial charge in [0.1, 0.15) is 6.29 Å². The predicted molar refractivity (Wildman–Crippen MR) is 62.8 cm³/mol. The largest absolute Gasteiger partial charge is 0.303 e. The Kier molecular flexibility index (Phi) is 5.12. The molecule has 0 radical (unpaired) electrons. The SMILES string of the molecule is CC(=O)SC[C@H](C=O)Cc1ccccc1. The second-order valence-corrected chi connectivity index (χ2v) is 4.59. The molecule has 0 saturated carbocycles. The molecule has 80 valence electrons. The number of carbonyl (C=O) groups is 2. The molecule has 0 aliphatic heterocycles. The van der Waals surface area contributed by atoms with Crippen LogP contribution in [0.15, 0.2) is 30.3 Å². The van der Waals surface area contributed by atoms with Crippen LogP contribution < -0.4 is 0 Å². The molecular weight excluding hydrogens is 208 g/mol. The molecule has 1 aromatic rings. The summed E-state index contributed by atoms with van der Waals surface area (Å²) in [6.07, 6.45) is 1.65. The van der Waals surface area contributed by atoms with Crippen LogP contribution in [0.2, 0.25) is 0 Å². The molecule has 1 rings (SSSR count). The van der Waals surface area contributed by atoms with Crippen molar-refractivity contribution in [2.45, 2.75) is 13.3 Å². The van der Waals surface area contributed by atoms with Crippen molar-refractivity contribution in [3.05, 3.63) is 35.9 Å². The zero-order valence-corrected chi connectivity index (χ0v) is 9.50. The molecule has 0 N–H and O–H groups in total. The fraction of sp³-hybridized carbons (Fsp3) is 0.333. The number of benzene rings is 1. The van der Waals surface area contributed by atoms with Crippen molar-refractivity contribution >= 4 is 23.2 Å². The van der Waals surface area contributed by atoms with E-state index in [0.29, 0.717) is 12.2 Å². The third-order valence-corrected chi connectivity index (χ3v) is 3.04. The van der Waals surface area contributed by atoms with Gasteiger partial charge in [0.05, 0.1) is 0 Å². The maximum atomic E-state index is 10.8. The molecule has 0 unspecified atom stereocenters. The van der Waals surface area contributed by atoms with Gasteiger partial charge in [-0.05, 0) is 12.0 Å². The average Bonchev–Trinajstić information content (AvgIpc) is 2.25. The standard InChI is InChI=1S/C12H14O2S/c1-10(14)15-9-12(8-13)7-11-5-3-2-4-6-11/h2-6,8,12H,7,9H2,1H3/t12-/m0/s1. The minimum atomic E-state index is -0.0682. The minimum Gasteiger partial charge on any atom is -0.303 e. The topological polar surface area (TPSA) is 34.1 Å². The Morgan fingerprint density at radius 3 is 2.60 bits per heavy atom. The smallest absolute Gasteiger partial charge is 0.185 e. The highest BCUT2D eigenvalue weighted by Crippen LogP contribution is 2.13. The van der Waals surface area contributed by atoms with Gasteiger partial charge in [-0.1, -0.05) is 42.1 Å². The van der Waals surface area contributed by atoms with Crippen molar-refractivity contribution in [1.29, 1.82) is 0 Å². The molecular formula is C12H14O2S. The molecule has 2 nitrogen and oxygen atoms in total. The van der Waals surface area contributed by atoms with E-state index in [0.717, 1.165) is 11.8 Å². The zero-order valence-electron chi connectivity index (χ0n) is 8.68. The number of aldehydes is 1. The molecule has 0 saturated heterocycles. The predicted octanol–water partition coefficient (Wildman–Crippen LogP) is 2.32. The maximum absolute atomic E-state index is 10.8. The minimum absolute atomic E-state index is 0.0647. The van der Waals surface area contributed by atoms with Gasteiger partial charge < -0.3 is 4.79 Å². The second kappa shape index (κ2) is 6.40. The van der Waals surface area contributed by atoms with Crippen molar-refractivity contribution in [3.8, 4) is 0 Å². The van der Waals surface area contributed by atoms with Gasteiger partial charge in [-0.3, -0.25) is 4.79 Å². The summed E-state index contributed by atoms with van der Waals surface area (Å²) >= 11 is 1.21. The lowest BCUT2D eigenvalue weighted by molar-refractivity contribution is -0.110. The number of rotatable bonds is 5. The van der Waals surface area contributed by atoms with Crippen LogP contribution in [0.3, 0.4) is 0 Å². The van der Waals surface area contributed by atoms with E-state index in [1.165, 1.54) is 18.7 Å². The highest BCUT2D eigenvalue weighted by Gasteiger charge is 2.09. The summed E-state index contributed by atoms with van der Waals surface area (Å²) in [6.45, 7) is 1.52. The van der Waals surface area contributed by atoms with Crippen LogP contribution in [0.1, 0.15) is 12.5 Å². The first-order valence-corrected chi connectivity index (χ1v) is 5.83. The molecule has 0 bridgehead atoms. The quantitative estimate of drug-likeness (QED) is 0.717. The first-order valence-electron chi connectivity index (χ1n) is 4.85. The van der Waals surface area contributed by atoms with Crippen molar-refractivity contribution in [1.82, 2.24) is 0 Å². The van der Waals surface area contributed by atoms with E-state index in [1.54, 1.807) is 0 Å². The molecule has 0 aromatic heterocycles. The lowest BCUT2D eigenvalue weighted by atomic mass is 10.0. The molecule has 0 aliphatic carbocycles. The van der Waals surface area contributed by atoms with Crippen molar-refractivity contribution in [2.75, 3.05) is 5.75 Å². The van der Waals surface area contributed by atoms with Crippen LogP contribution in [0.25, 0.3) is 0 Å². The number of thioether (sulfide) groups is 1. The summed E-state index contributed by atoms with van der Waals surface area (Å²) in [4.78, 5) is 21.6. The van der Waals surface area contributed by atoms with E-state index in [2.05, 4.69) is 0 Å². The van der Waals surface area contributed by atoms with Gasteiger partial charge in [-0.15, -0.1) is 0 Å². The van der Waals surface area contributed by atoms with Crippen LogP contribution in [0, 0.1) is 5.92 Å². The van der Waals surface area contributed by atoms with E-state index < -0.39 is 0 Å². The van der Waals surface area contributed by atoms with Gasteiger partial charge in [0.15, 0.2) is 5.12 Å². The Balaban J connectivity index is 2.47. The molecule has 3 heteroatoms. The lowest BCUT2D eigenvalue weighted by Crippen LogP contribution is -2.10. The fourth-order valence-corrected chi connectivity index (χ4v) is 1.93. The van der Waals surface area contributed by atoms with Gasteiger partial charge >= 0.3 is 0 Å². The molecule has 0 fully saturated rings. The van der Waals surface area contributed by atoms with Crippen molar-refractivity contribution < 1.29 is 9.59 Å². The number of carbonyl (C=O) groups excluding carboxylic acids is 2. The monoisotopic (exact) mass is 222 g/mol. The molecule has 1 atom stereocenters. The van der Waals surface area contributed by atoms with E-state index in [4.69, 9.17) is 0 Å². The maximum Gasteiger partial charge on any atom is 0.185 e. The summed E-state index contributed by atoms with van der Waals surface area (Å²) in [6, 6.07) is 9.85. The Bertz CT molecular complexity index is 322. The first-order chi connectivity index (χ1) is 7.22. The van der Waals surface area contributed by atoms with Crippen molar-refractivity contribution in [3.63, 3.8) is 0 Å². The van der Waals surface area contributed by atoms with Gasteiger partial charge in [0.25, 0.3) is 0 Å². The van der Waals surface area contributed by atoms with Gasteiger partial charge in [0, 0.05) is 18.6 Å². The third kappa shape index (κ3) is 4.79. The van der Waals surface area contributed by atoms with Crippen molar-refractivity contribution in [2.24, 2.45) is 5.92 Å². The summed E-state index contributed by atoms with van der Waals surface area (Å²) in [7, 11) is 0. The van der Waals surface area contributed by atoms with E-state index in [-0.39, 0.29) is 11.0 Å². The van der Waals surface area contributed by atoms with Crippen LogP contribution in [0.5, 0.6) is 0 Å². The van der Waals surface area contributed by atoms with Gasteiger partial charge in [0.2, 0.25) is 0 Å². The summed E-state index contributed by atoms with van der Waals surface area (Å²) in [5, 5.41) is 0.0647. The average molecular weight is 222 g/mol. The molecule has 0 aliphatic rings. The van der Waals surface area contributed by atoms with Crippen LogP contribution in [-0.4, -0.2) is 17.2 Å². The molecule has 0 heterocycles. The molecule has 1 aromatic carbocycles. The number of hydrogen-bond acceptors (Lipinski definition) is 3. The molecule has 0 amide bonds. The fourth-order valence-electron chi connectivity index (χ4n) is 1.29. The summed E-state index contributed by atoms with van der Waals surface area (Å²) in [5.41, 5.74) is 1.14. The lowest BCUT2D eigenvalue weighted by Gasteiger charge is -2.08. The summed E-state index contributed by atoms with van der Waals surface area (Å²) < 4.78 is 0. The van der Waals surface area contributed by atoms with E-state index in [9.17, 15) is 9.59 Å². The highest BCUT2D eigenvalue weighted by molar-refractivity contribution is 8.13. The van der Waals surface area contributed by atoms with Gasteiger partial charge in [-0.25, -0.2) is 0 Å². The van der Waals surface area contributed by atoms with Gasteiger partial charge in [-0.2, -0.15) is 0 Å². The van der Waals surface area contributed by atoms with Crippen LogP contribution in [-0.2, 0) is 16.0 Å². The highest BCUT2D eigenvalue weighted by atomic mass is 32.2. The Hall–Kier alpha value is -1.09. The Labute approximate surface area is 94.1 Å². The molecule has 15 heavy (non-hydrogen) atoms. The second-order valence-electron chi connectivity index (χ2n) is 3.39. The van der Waals surface area contributed by atoms with E-state index in [1.807, 2.05) is 30.3 Å². The van der Waals surface area contributed by atoms with Crippen LogP contribution >= 0.6 is 11.8 Å². The molecule has 0 spiro atoms. The summed E-state index contributed by atoms with van der Waals surface area (Å²) in [5.74, 6) is 0.509. The van der Waals surface area contributed by atoms with E-state index >= 15 is 0 Å². The van der Waals surface area contributed by atoms with Crippen LogP contribution in [0.4, 0.5) is 0 Å². The third-order valence-electron chi connectivity index (χ3n) is 2.03.